The summed E-state index contributed by atoms with van der Waals surface area (Å²) in [6.07, 6.45) is 13.0. The predicted molar refractivity (Wildman–Crippen MR) is 306 cm³/mol. The Bertz CT molecular complexity index is 3040. The summed E-state index contributed by atoms with van der Waals surface area (Å²) < 4.78 is 0. The van der Waals surface area contributed by atoms with E-state index in [0.717, 1.165) is 0 Å². The van der Waals surface area contributed by atoms with Gasteiger partial charge in [-0.15, -0.1) is 0 Å². The summed E-state index contributed by atoms with van der Waals surface area (Å²) in [5.41, 5.74) is 24.8. The molecule has 71 heavy (non-hydrogen) atoms. The van der Waals surface area contributed by atoms with Crippen LogP contribution in [-0.2, 0) is 10.8 Å². The van der Waals surface area contributed by atoms with E-state index in [-0.39, 0.29) is 17.5 Å². The van der Waals surface area contributed by atoms with Gasteiger partial charge < -0.3 is 9.80 Å². The third-order valence-corrected chi connectivity index (χ3v) is 16.6. The molecule has 8 aromatic rings. The highest BCUT2D eigenvalue weighted by atomic mass is 15.2. The summed E-state index contributed by atoms with van der Waals surface area (Å²) in [5, 5.41) is 0. The SMILES string of the molecule is CC(C)(C)c1cc2c(cc1-c1ccccc1)B1c3cc(-c4ccccc4)c(C(C)(C)C)cc3N(c3cccc(C4CCCCC4)c3)c3cc(-c4ccccc4)cc(c31)N2c1cccc(C2CCCCC2)c1. The van der Waals surface area contributed by atoms with E-state index in [0.29, 0.717) is 11.8 Å². The van der Waals surface area contributed by atoms with E-state index < -0.39 is 0 Å². The minimum atomic E-state index is -0.125. The van der Waals surface area contributed by atoms with Crippen molar-refractivity contribution < 1.29 is 0 Å². The molecule has 0 N–H and O–H groups in total. The molecule has 0 atom stereocenters. The Morgan fingerprint density at radius 1 is 0.366 bits per heavy atom. The van der Waals surface area contributed by atoms with Crippen molar-refractivity contribution in [2.75, 3.05) is 9.80 Å². The van der Waals surface area contributed by atoms with Crippen LogP contribution in [0.5, 0.6) is 0 Å². The second kappa shape index (κ2) is 18.2. The third kappa shape index (κ3) is 8.34. The number of fused-ring (bicyclic) bond motifs is 4. The van der Waals surface area contributed by atoms with Crippen molar-refractivity contribution in [2.45, 2.75) is 128 Å². The maximum Gasteiger partial charge on any atom is 0.252 e. The molecule has 0 radical (unpaired) electrons. The van der Waals surface area contributed by atoms with Gasteiger partial charge in [-0.3, -0.25) is 0 Å². The highest BCUT2D eigenvalue weighted by molar-refractivity contribution is 7.00. The Balaban J connectivity index is 1.22. The summed E-state index contributed by atoms with van der Waals surface area (Å²) >= 11 is 0. The van der Waals surface area contributed by atoms with Crippen molar-refractivity contribution in [3.8, 4) is 33.4 Å². The van der Waals surface area contributed by atoms with Crippen LogP contribution in [0.3, 0.4) is 0 Å². The van der Waals surface area contributed by atoms with Crippen LogP contribution in [0.1, 0.15) is 140 Å². The lowest BCUT2D eigenvalue weighted by Gasteiger charge is -2.46. The quantitative estimate of drug-likeness (QED) is 0.147. The number of nitrogens with zero attached hydrogens (tertiary/aromatic N) is 2. The Kier molecular flexibility index (Phi) is 11.7. The van der Waals surface area contributed by atoms with Gasteiger partial charge in [0.1, 0.15) is 0 Å². The van der Waals surface area contributed by atoms with Crippen LogP contribution >= 0.6 is 0 Å². The van der Waals surface area contributed by atoms with Crippen LogP contribution in [0.2, 0.25) is 0 Å². The summed E-state index contributed by atoms with van der Waals surface area (Å²) in [6, 6.07) is 68.5. The third-order valence-electron chi connectivity index (χ3n) is 16.6. The second-order valence-electron chi connectivity index (χ2n) is 23.4. The van der Waals surface area contributed by atoms with E-state index in [9.17, 15) is 0 Å². The number of rotatable bonds is 7. The first-order valence-electron chi connectivity index (χ1n) is 27.0. The van der Waals surface area contributed by atoms with Crippen molar-refractivity contribution in [2.24, 2.45) is 0 Å². The fourth-order valence-corrected chi connectivity index (χ4v) is 13.1. The van der Waals surface area contributed by atoms with Crippen molar-refractivity contribution in [1.82, 2.24) is 0 Å². The van der Waals surface area contributed by atoms with Crippen molar-refractivity contribution in [1.29, 1.82) is 0 Å². The van der Waals surface area contributed by atoms with E-state index in [2.05, 4.69) is 227 Å². The largest absolute Gasteiger partial charge is 0.311 e. The lowest BCUT2D eigenvalue weighted by atomic mass is 9.33. The standard InChI is InChI=1S/C68H69BN2/c1-67(2,3)58-44-62-60(42-56(58)49-30-18-10-19-31-49)69-61-43-57(50-32-20-11-21-33-50)59(68(4,5)6)45-63(61)71(55-37-23-35-52(39-55)47-26-14-8-15-27-47)65-41-53(48-28-16-9-17-29-48)40-64(66(65)69)70(62)54-36-22-34-51(38-54)46-24-12-7-13-25-46/h9-11,16-23,28-47H,7-8,12-15,24-27H2,1-6H3. The zero-order valence-corrected chi connectivity index (χ0v) is 42.9. The molecule has 12 rings (SSSR count). The molecule has 3 heteroatoms. The van der Waals surface area contributed by atoms with Crippen molar-refractivity contribution in [3.63, 3.8) is 0 Å². The molecule has 2 aliphatic heterocycles. The molecule has 2 saturated carbocycles. The molecule has 0 aromatic heterocycles. The molecule has 2 heterocycles. The van der Waals surface area contributed by atoms with E-state index in [1.165, 1.54) is 170 Å². The van der Waals surface area contributed by atoms with Crippen LogP contribution in [0, 0.1) is 0 Å². The average Bonchev–Trinajstić information content (AvgIpc) is 3.41. The molecule has 0 amide bonds. The minimum absolute atomic E-state index is 0.0432. The Morgan fingerprint density at radius 2 is 0.761 bits per heavy atom. The molecule has 2 nitrogen and oxygen atoms in total. The molecule has 0 saturated heterocycles. The predicted octanol–water partition coefficient (Wildman–Crippen LogP) is 17.5. The first-order valence-corrected chi connectivity index (χ1v) is 27.0. The number of hydrogen-bond donors (Lipinski definition) is 0. The normalized spacial score (nSPS) is 16.1. The van der Waals surface area contributed by atoms with Crippen LogP contribution in [0.15, 0.2) is 176 Å². The fraction of sp³-hybridized carbons (Fsp3) is 0.294. The molecule has 354 valence electrons. The molecule has 0 bridgehead atoms. The number of hydrogen-bond acceptors (Lipinski definition) is 2. The zero-order chi connectivity index (χ0) is 48.4. The second-order valence-corrected chi connectivity index (χ2v) is 23.4. The molecular weight excluding hydrogens is 856 g/mol. The van der Waals surface area contributed by atoms with Gasteiger partial charge in [-0.2, -0.15) is 0 Å². The highest BCUT2D eigenvalue weighted by Crippen LogP contribution is 2.50. The van der Waals surface area contributed by atoms with Crippen molar-refractivity contribution >= 4 is 57.2 Å². The Labute approximate surface area is 424 Å². The van der Waals surface area contributed by atoms with E-state index in [1.807, 2.05) is 0 Å². The van der Waals surface area contributed by atoms with Gasteiger partial charge >= 0.3 is 0 Å². The van der Waals surface area contributed by atoms with E-state index >= 15 is 0 Å². The van der Waals surface area contributed by atoms with Gasteiger partial charge in [-0.1, -0.05) is 207 Å². The molecule has 0 spiro atoms. The van der Waals surface area contributed by atoms with E-state index in [1.54, 1.807) is 0 Å². The zero-order valence-electron chi connectivity index (χ0n) is 42.9. The molecule has 2 aliphatic carbocycles. The van der Waals surface area contributed by atoms with Crippen LogP contribution in [0.4, 0.5) is 34.1 Å². The smallest absolute Gasteiger partial charge is 0.252 e. The highest BCUT2D eigenvalue weighted by Gasteiger charge is 2.46. The molecular formula is C68H69BN2. The van der Waals surface area contributed by atoms with Crippen LogP contribution in [-0.4, -0.2) is 6.71 Å². The minimum Gasteiger partial charge on any atom is -0.311 e. The van der Waals surface area contributed by atoms with Gasteiger partial charge in [0.25, 0.3) is 6.71 Å². The van der Waals surface area contributed by atoms with Crippen molar-refractivity contribution in [3.05, 3.63) is 198 Å². The molecule has 0 unspecified atom stereocenters. The molecule has 8 aromatic carbocycles. The summed E-state index contributed by atoms with van der Waals surface area (Å²) in [4.78, 5) is 5.38. The number of anilines is 6. The monoisotopic (exact) mass is 925 g/mol. The average molecular weight is 925 g/mol. The van der Waals surface area contributed by atoms with Gasteiger partial charge in [-0.25, -0.2) is 0 Å². The molecule has 4 aliphatic rings. The van der Waals surface area contributed by atoms with Crippen LogP contribution in [0.25, 0.3) is 33.4 Å². The van der Waals surface area contributed by atoms with Gasteiger partial charge in [0.15, 0.2) is 0 Å². The summed E-state index contributed by atoms with van der Waals surface area (Å²) in [5.74, 6) is 1.17. The molecule has 2 fully saturated rings. The summed E-state index contributed by atoms with van der Waals surface area (Å²) in [7, 11) is 0. The summed E-state index contributed by atoms with van der Waals surface area (Å²) in [6.45, 7) is 14.3. The number of benzene rings is 8. The maximum atomic E-state index is 2.69. The van der Waals surface area contributed by atoms with Gasteiger partial charge in [0, 0.05) is 34.1 Å². The van der Waals surface area contributed by atoms with Crippen LogP contribution < -0.4 is 26.2 Å². The van der Waals surface area contributed by atoms with E-state index in [4.69, 9.17) is 0 Å². The fourth-order valence-electron chi connectivity index (χ4n) is 13.1. The lowest BCUT2D eigenvalue weighted by Crippen LogP contribution is -2.61. The van der Waals surface area contributed by atoms with Gasteiger partial charge in [-0.05, 0) is 169 Å². The Hall–Kier alpha value is -6.58. The first-order chi connectivity index (χ1) is 34.5. The Morgan fingerprint density at radius 3 is 1.15 bits per heavy atom. The van der Waals surface area contributed by atoms with Gasteiger partial charge in [0.2, 0.25) is 0 Å². The lowest BCUT2D eigenvalue weighted by molar-refractivity contribution is 0.443. The topological polar surface area (TPSA) is 6.48 Å². The first kappa shape index (κ1) is 45.6. The van der Waals surface area contributed by atoms with Gasteiger partial charge in [0.05, 0.1) is 0 Å². The maximum absolute atomic E-state index is 2.69.